The monoisotopic (exact) mass is 512 g/mol. The fraction of sp³-hybridized carbons (Fsp3) is 0.160. The van der Waals surface area contributed by atoms with Crippen LogP contribution in [0.5, 0.6) is 5.75 Å². The molecular weight excluding hydrogens is 492 g/mol. The summed E-state index contributed by atoms with van der Waals surface area (Å²) in [6.45, 7) is 1.37. The minimum Gasteiger partial charge on any atom is -0.487 e. The summed E-state index contributed by atoms with van der Waals surface area (Å²) in [6, 6.07) is 11.3. The molecular formula is C25H20F4N6O2. The second kappa shape index (κ2) is 9.54. The number of pyridine rings is 1. The van der Waals surface area contributed by atoms with Crippen molar-refractivity contribution in [3.63, 3.8) is 0 Å². The Morgan fingerprint density at radius 2 is 1.84 bits per heavy atom. The number of benzene rings is 2. The number of aliphatic hydroxyl groups is 1. The SMILES string of the molecule is Cc1ncn(-c2ccc(Nc3cc(C(F)(F)F)cn4cc(COc5ccc(F)cc5)nc34)cc2CO)n1. The number of nitrogens with zero attached hydrogens (tertiary/aromatic N) is 5. The molecule has 3 heterocycles. The maximum atomic E-state index is 13.6. The van der Waals surface area contributed by atoms with E-state index in [0.717, 1.165) is 12.3 Å². The van der Waals surface area contributed by atoms with Gasteiger partial charge in [0.05, 0.1) is 29.2 Å². The third-order valence-electron chi connectivity index (χ3n) is 5.51. The van der Waals surface area contributed by atoms with Crippen LogP contribution in [0.4, 0.5) is 28.9 Å². The van der Waals surface area contributed by atoms with Crippen LogP contribution in [0.1, 0.15) is 22.6 Å². The maximum Gasteiger partial charge on any atom is 0.417 e. The van der Waals surface area contributed by atoms with Crippen molar-refractivity contribution in [2.45, 2.75) is 26.3 Å². The highest BCUT2D eigenvalue weighted by Crippen LogP contribution is 2.34. The third-order valence-corrected chi connectivity index (χ3v) is 5.51. The van der Waals surface area contributed by atoms with E-state index in [9.17, 15) is 22.7 Å². The van der Waals surface area contributed by atoms with Gasteiger partial charge < -0.3 is 19.6 Å². The topological polar surface area (TPSA) is 89.5 Å². The van der Waals surface area contributed by atoms with Crippen molar-refractivity contribution in [3.8, 4) is 11.4 Å². The van der Waals surface area contributed by atoms with Gasteiger partial charge in [0.1, 0.15) is 30.3 Å². The minimum atomic E-state index is -4.59. The zero-order valence-electron chi connectivity index (χ0n) is 19.4. The zero-order chi connectivity index (χ0) is 26.2. The standard InChI is InChI=1S/C25H20F4N6O2/c1-15-30-14-35(33-15)23-7-4-19(8-16(23)12-36)31-22-9-17(25(27,28)29)10-34-11-20(32-24(22)34)13-37-21-5-2-18(26)3-6-21/h2-11,14,31,36H,12-13H2,1H3. The van der Waals surface area contributed by atoms with Crippen LogP contribution in [0.15, 0.2) is 67.3 Å². The van der Waals surface area contributed by atoms with Crippen molar-refractivity contribution in [2.24, 2.45) is 0 Å². The summed E-state index contributed by atoms with van der Waals surface area (Å²) in [7, 11) is 0. The van der Waals surface area contributed by atoms with E-state index in [0.29, 0.717) is 34.2 Å². The van der Waals surface area contributed by atoms with Crippen LogP contribution in [-0.4, -0.2) is 29.3 Å². The average molecular weight is 512 g/mol. The lowest BCUT2D eigenvalue weighted by Gasteiger charge is -2.14. The first-order valence-electron chi connectivity index (χ1n) is 11.1. The van der Waals surface area contributed by atoms with Crippen molar-refractivity contribution < 1.29 is 27.4 Å². The van der Waals surface area contributed by atoms with E-state index in [2.05, 4.69) is 20.4 Å². The number of nitrogens with one attached hydrogen (secondary N) is 1. The number of fused-ring (bicyclic) bond motifs is 1. The Balaban J connectivity index is 1.48. The lowest BCUT2D eigenvalue weighted by atomic mass is 10.1. The average Bonchev–Trinajstić information content (AvgIpc) is 3.49. The molecule has 5 rings (SSSR count). The first-order valence-corrected chi connectivity index (χ1v) is 11.1. The van der Waals surface area contributed by atoms with E-state index < -0.39 is 17.6 Å². The fourth-order valence-electron chi connectivity index (χ4n) is 3.78. The number of aromatic nitrogens is 5. The molecule has 0 atom stereocenters. The Morgan fingerprint density at radius 3 is 2.51 bits per heavy atom. The number of ether oxygens (including phenoxy) is 1. The molecule has 37 heavy (non-hydrogen) atoms. The van der Waals surface area contributed by atoms with Crippen LogP contribution < -0.4 is 10.1 Å². The molecule has 0 aliphatic rings. The van der Waals surface area contributed by atoms with E-state index in [1.165, 1.54) is 45.9 Å². The Bertz CT molecular complexity index is 1560. The molecule has 0 bridgehead atoms. The van der Waals surface area contributed by atoms with Crippen LogP contribution in [0, 0.1) is 12.7 Å². The lowest BCUT2D eigenvalue weighted by molar-refractivity contribution is -0.137. The van der Waals surface area contributed by atoms with Crippen molar-refractivity contribution in [3.05, 3.63) is 95.7 Å². The van der Waals surface area contributed by atoms with Crippen LogP contribution in [0.3, 0.4) is 0 Å². The molecule has 0 amide bonds. The molecule has 2 aromatic carbocycles. The molecule has 0 aliphatic heterocycles. The smallest absolute Gasteiger partial charge is 0.417 e. The van der Waals surface area contributed by atoms with Gasteiger partial charge in [-0.05, 0) is 55.5 Å². The summed E-state index contributed by atoms with van der Waals surface area (Å²) < 4.78 is 62.4. The third kappa shape index (κ3) is 5.23. The number of hydrogen-bond donors (Lipinski definition) is 2. The molecule has 0 fully saturated rings. The number of rotatable bonds is 7. The highest BCUT2D eigenvalue weighted by molar-refractivity contribution is 5.75. The first kappa shape index (κ1) is 24.3. The van der Waals surface area contributed by atoms with E-state index >= 15 is 0 Å². The Labute approximate surface area is 207 Å². The van der Waals surface area contributed by atoms with Crippen LogP contribution in [0.2, 0.25) is 0 Å². The lowest BCUT2D eigenvalue weighted by Crippen LogP contribution is -2.08. The van der Waals surface area contributed by atoms with E-state index in [-0.39, 0.29) is 24.5 Å². The summed E-state index contributed by atoms with van der Waals surface area (Å²) in [5.74, 6) is 0.534. The summed E-state index contributed by atoms with van der Waals surface area (Å²) >= 11 is 0. The van der Waals surface area contributed by atoms with Gasteiger partial charge in [-0.2, -0.15) is 18.3 Å². The Hall–Kier alpha value is -4.45. The molecule has 0 saturated carbocycles. The van der Waals surface area contributed by atoms with Crippen molar-refractivity contribution in [2.75, 3.05) is 5.32 Å². The quantitative estimate of drug-likeness (QED) is 0.292. The van der Waals surface area contributed by atoms with E-state index in [1.807, 2.05) is 0 Å². The normalized spacial score (nSPS) is 11.7. The number of halogens is 4. The van der Waals surface area contributed by atoms with Gasteiger partial charge in [0, 0.05) is 23.6 Å². The number of aliphatic hydroxyl groups excluding tert-OH is 1. The number of aryl methyl sites for hydroxylation is 1. The molecule has 3 aromatic heterocycles. The molecule has 5 aromatic rings. The van der Waals surface area contributed by atoms with Gasteiger partial charge in [0.2, 0.25) is 0 Å². The first-order chi connectivity index (χ1) is 17.7. The molecule has 0 radical (unpaired) electrons. The Kier molecular flexibility index (Phi) is 6.25. The van der Waals surface area contributed by atoms with Gasteiger partial charge in [0.25, 0.3) is 0 Å². The number of anilines is 2. The van der Waals surface area contributed by atoms with Gasteiger partial charge in [0.15, 0.2) is 5.65 Å². The number of imidazole rings is 1. The molecule has 190 valence electrons. The van der Waals surface area contributed by atoms with Crippen LogP contribution in [0.25, 0.3) is 11.3 Å². The molecule has 0 aliphatic carbocycles. The zero-order valence-corrected chi connectivity index (χ0v) is 19.4. The van der Waals surface area contributed by atoms with Gasteiger partial charge in [-0.15, -0.1) is 0 Å². The highest BCUT2D eigenvalue weighted by Gasteiger charge is 2.32. The summed E-state index contributed by atoms with van der Waals surface area (Å²) in [6.07, 6.45) is -0.698. The predicted molar refractivity (Wildman–Crippen MR) is 126 cm³/mol. The fourth-order valence-corrected chi connectivity index (χ4v) is 3.78. The van der Waals surface area contributed by atoms with Crippen LogP contribution in [-0.2, 0) is 19.4 Å². The van der Waals surface area contributed by atoms with Gasteiger partial charge >= 0.3 is 6.18 Å². The highest BCUT2D eigenvalue weighted by atomic mass is 19.4. The van der Waals surface area contributed by atoms with Crippen molar-refractivity contribution in [1.82, 2.24) is 24.1 Å². The molecule has 0 unspecified atom stereocenters. The summed E-state index contributed by atoms with van der Waals surface area (Å²) in [5, 5.41) is 17.1. The maximum absolute atomic E-state index is 13.6. The van der Waals surface area contributed by atoms with E-state index in [4.69, 9.17) is 4.74 Å². The molecule has 8 nitrogen and oxygen atoms in total. The van der Waals surface area contributed by atoms with Crippen molar-refractivity contribution in [1.29, 1.82) is 0 Å². The van der Waals surface area contributed by atoms with Gasteiger partial charge in [-0.3, -0.25) is 0 Å². The summed E-state index contributed by atoms with van der Waals surface area (Å²) in [4.78, 5) is 8.51. The predicted octanol–water partition coefficient (Wildman–Crippen LogP) is 5.20. The van der Waals surface area contributed by atoms with Crippen LogP contribution >= 0.6 is 0 Å². The molecule has 2 N–H and O–H groups in total. The second-order valence-corrected chi connectivity index (χ2v) is 8.21. The molecule has 0 spiro atoms. The summed E-state index contributed by atoms with van der Waals surface area (Å²) in [5.41, 5.74) is 1.38. The number of alkyl halides is 3. The van der Waals surface area contributed by atoms with Crippen molar-refractivity contribution >= 4 is 17.0 Å². The van der Waals surface area contributed by atoms with Gasteiger partial charge in [-0.25, -0.2) is 19.0 Å². The number of hydrogen-bond acceptors (Lipinski definition) is 6. The van der Waals surface area contributed by atoms with E-state index in [1.54, 1.807) is 25.1 Å². The Morgan fingerprint density at radius 1 is 1.05 bits per heavy atom. The minimum absolute atomic E-state index is 0.0330. The largest absolute Gasteiger partial charge is 0.487 e. The van der Waals surface area contributed by atoms with Gasteiger partial charge in [-0.1, -0.05) is 0 Å². The molecule has 12 heteroatoms. The molecule has 0 saturated heterocycles. The second-order valence-electron chi connectivity index (χ2n) is 8.21.